The Labute approximate surface area is 163 Å². The van der Waals surface area contributed by atoms with Crippen molar-refractivity contribution in [3.05, 3.63) is 65.0 Å². The van der Waals surface area contributed by atoms with Gasteiger partial charge in [-0.3, -0.25) is 9.69 Å². The maximum Gasteiger partial charge on any atom is 0.247 e. The van der Waals surface area contributed by atoms with Crippen LogP contribution in [0, 0.1) is 6.92 Å². The summed E-state index contributed by atoms with van der Waals surface area (Å²) in [4.78, 5) is 14.1. The molecule has 7 heteroatoms. The Balaban J connectivity index is 1.62. The van der Waals surface area contributed by atoms with Crippen LogP contribution in [-0.4, -0.2) is 34.6 Å². The van der Waals surface area contributed by atoms with Gasteiger partial charge in [0, 0.05) is 16.3 Å². The number of rotatable bonds is 6. The van der Waals surface area contributed by atoms with Gasteiger partial charge in [-0.25, -0.2) is 0 Å². The van der Waals surface area contributed by atoms with Gasteiger partial charge in [0.05, 0.1) is 12.6 Å². The zero-order chi connectivity index (χ0) is 19.4. The van der Waals surface area contributed by atoms with Crippen LogP contribution in [0.1, 0.15) is 24.4 Å². The van der Waals surface area contributed by atoms with E-state index in [2.05, 4.69) is 15.5 Å². The predicted octanol–water partition coefficient (Wildman–Crippen LogP) is 4.33. The summed E-state index contributed by atoms with van der Waals surface area (Å²) < 4.78 is 5.80. The molecule has 0 aliphatic rings. The van der Waals surface area contributed by atoms with Crippen molar-refractivity contribution < 1.29 is 9.21 Å². The van der Waals surface area contributed by atoms with Crippen LogP contribution < -0.4 is 5.32 Å². The molecule has 0 radical (unpaired) electrons. The van der Waals surface area contributed by atoms with Crippen molar-refractivity contribution in [2.24, 2.45) is 0 Å². The number of aromatic nitrogens is 2. The first-order chi connectivity index (χ1) is 12.9. The molecule has 0 bridgehead atoms. The standard InChI is InChI=1S/C20H21ClN4O2/c1-13-7-9-15(10-8-13)20-24-23-19(27-20)14(2)25(3)12-18(26)22-17-6-4-5-16(21)11-17/h4-11,14H,12H2,1-3H3,(H,22,26). The molecular weight excluding hydrogens is 364 g/mol. The lowest BCUT2D eigenvalue weighted by molar-refractivity contribution is -0.117. The molecule has 1 atom stereocenters. The van der Waals surface area contributed by atoms with Gasteiger partial charge >= 0.3 is 0 Å². The molecule has 3 aromatic rings. The predicted molar refractivity (Wildman–Crippen MR) is 106 cm³/mol. The zero-order valence-corrected chi connectivity index (χ0v) is 16.2. The largest absolute Gasteiger partial charge is 0.419 e. The lowest BCUT2D eigenvalue weighted by Gasteiger charge is -2.21. The molecule has 1 heterocycles. The van der Waals surface area contributed by atoms with Crippen LogP contribution in [0.2, 0.25) is 5.02 Å². The number of aryl methyl sites for hydroxylation is 1. The van der Waals surface area contributed by atoms with Crippen molar-refractivity contribution >= 4 is 23.2 Å². The quantitative estimate of drug-likeness (QED) is 0.684. The van der Waals surface area contributed by atoms with E-state index >= 15 is 0 Å². The molecule has 2 aromatic carbocycles. The summed E-state index contributed by atoms with van der Waals surface area (Å²) in [5, 5.41) is 11.6. The van der Waals surface area contributed by atoms with E-state index in [9.17, 15) is 4.79 Å². The number of halogens is 1. The number of amides is 1. The summed E-state index contributed by atoms with van der Waals surface area (Å²) >= 11 is 5.94. The first kappa shape index (κ1) is 19.1. The van der Waals surface area contributed by atoms with Crippen molar-refractivity contribution in [2.75, 3.05) is 18.9 Å². The Bertz CT molecular complexity index is 924. The second-order valence-electron chi connectivity index (χ2n) is 6.46. The number of benzene rings is 2. The number of carbonyl (C=O) groups is 1. The molecule has 0 aliphatic heterocycles. The number of hydrogen-bond acceptors (Lipinski definition) is 5. The molecule has 140 valence electrons. The van der Waals surface area contributed by atoms with Crippen molar-refractivity contribution in [1.29, 1.82) is 0 Å². The van der Waals surface area contributed by atoms with Gasteiger partial charge in [0.2, 0.25) is 17.7 Å². The molecule has 0 saturated heterocycles. The summed E-state index contributed by atoms with van der Waals surface area (Å²) in [6.45, 7) is 4.11. The Morgan fingerprint density at radius 3 is 2.67 bits per heavy atom. The van der Waals surface area contributed by atoms with E-state index in [1.807, 2.05) is 50.1 Å². The lowest BCUT2D eigenvalue weighted by Crippen LogP contribution is -2.32. The molecule has 1 aromatic heterocycles. The lowest BCUT2D eigenvalue weighted by atomic mass is 10.1. The van der Waals surface area contributed by atoms with Gasteiger partial charge in [0.25, 0.3) is 0 Å². The highest BCUT2D eigenvalue weighted by Crippen LogP contribution is 2.23. The number of nitrogens with zero attached hydrogens (tertiary/aromatic N) is 3. The van der Waals surface area contributed by atoms with Crippen molar-refractivity contribution in [1.82, 2.24) is 15.1 Å². The Hall–Kier alpha value is -2.70. The molecule has 27 heavy (non-hydrogen) atoms. The van der Waals surface area contributed by atoms with Crippen molar-refractivity contribution in [3.8, 4) is 11.5 Å². The highest BCUT2D eigenvalue weighted by atomic mass is 35.5. The molecule has 0 fully saturated rings. The summed E-state index contributed by atoms with van der Waals surface area (Å²) in [6.07, 6.45) is 0. The third kappa shape index (κ3) is 4.93. The van der Waals surface area contributed by atoms with Gasteiger partial charge in [0.1, 0.15) is 0 Å². The third-order valence-corrected chi connectivity index (χ3v) is 4.49. The normalized spacial score (nSPS) is 12.2. The number of hydrogen-bond donors (Lipinski definition) is 1. The third-order valence-electron chi connectivity index (χ3n) is 4.26. The Morgan fingerprint density at radius 1 is 1.22 bits per heavy atom. The topological polar surface area (TPSA) is 71.3 Å². The molecular formula is C20H21ClN4O2. The molecule has 0 saturated carbocycles. The Morgan fingerprint density at radius 2 is 1.96 bits per heavy atom. The van der Waals surface area contributed by atoms with E-state index in [1.165, 1.54) is 0 Å². The second kappa shape index (κ2) is 8.33. The van der Waals surface area contributed by atoms with Gasteiger partial charge in [0.15, 0.2) is 0 Å². The Kier molecular flexibility index (Phi) is 5.88. The average Bonchev–Trinajstić information content (AvgIpc) is 3.11. The average molecular weight is 385 g/mol. The van der Waals surface area contributed by atoms with Crippen LogP contribution >= 0.6 is 11.6 Å². The molecule has 1 amide bonds. The van der Waals surface area contributed by atoms with Crippen molar-refractivity contribution in [2.45, 2.75) is 19.9 Å². The smallest absolute Gasteiger partial charge is 0.247 e. The fraction of sp³-hybridized carbons (Fsp3) is 0.250. The summed E-state index contributed by atoms with van der Waals surface area (Å²) in [5.74, 6) is 0.780. The van der Waals surface area contributed by atoms with Crippen LogP contribution in [-0.2, 0) is 4.79 Å². The second-order valence-corrected chi connectivity index (χ2v) is 6.90. The van der Waals surface area contributed by atoms with Gasteiger partial charge in [-0.05, 0) is 51.2 Å². The van der Waals surface area contributed by atoms with Crippen molar-refractivity contribution in [3.63, 3.8) is 0 Å². The minimum absolute atomic E-state index is 0.148. The maximum absolute atomic E-state index is 12.3. The van der Waals surface area contributed by atoms with Gasteiger partial charge in [-0.1, -0.05) is 35.4 Å². The molecule has 0 spiro atoms. The number of carbonyl (C=O) groups excluding carboxylic acids is 1. The minimum Gasteiger partial charge on any atom is -0.419 e. The molecule has 1 N–H and O–H groups in total. The van der Waals surface area contributed by atoms with E-state index in [4.69, 9.17) is 16.0 Å². The van der Waals surface area contributed by atoms with E-state index in [1.54, 1.807) is 24.3 Å². The van der Waals surface area contributed by atoms with Crippen LogP contribution in [0.5, 0.6) is 0 Å². The van der Waals surface area contributed by atoms with E-state index < -0.39 is 0 Å². The fourth-order valence-electron chi connectivity index (χ4n) is 2.53. The zero-order valence-electron chi connectivity index (χ0n) is 15.4. The van der Waals surface area contributed by atoms with Crippen LogP contribution in [0.3, 0.4) is 0 Å². The SMILES string of the molecule is Cc1ccc(-c2nnc(C(C)N(C)CC(=O)Nc3cccc(Cl)c3)o2)cc1. The number of nitrogens with one attached hydrogen (secondary N) is 1. The van der Waals surface area contributed by atoms with Gasteiger partial charge < -0.3 is 9.73 Å². The van der Waals surface area contributed by atoms with E-state index in [0.29, 0.717) is 22.5 Å². The van der Waals surface area contributed by atoms with E-state index in [0.717, 1.165) is 11.1 Å². The van der Waals surface area contributed by atoms with Crippen LogP contribution in [0.25, 0.3) is 11.5 Å². The minimum atomic E-state index is -0.207. The van der Waals surface area contributed by atoms with Gasteiger partial charge in [-0.2, -0.15) is 0 Å². The molecule has 6 nitrogen and oxygen atoms in total. The highest BCUT2D eigenvalue weighted by molar-refractivity contribution is 6.30. The van der Waals surface area contributed by atoms with Gasteiger partial charge in [-0.15, -0.1) is 10.2 Å². The number of anilines is 1. The van der Waals surface area contributed by atoms with Crippen LogP contribution in [0.4, 0.5) is 5.69 Å². The fourth-order valence-corrected chi connectivity index (χ4v) is 2.73. The number of likely N-dealkylation sites (N-methyl/N-ethyl adjacent to an activating group) is 1. The summed E-state index contributed by atoms with van der Waals surface area (Å²) in [6, 6.07) is 14.7. The van der Waals surface area contributed by atoms with Crippen LogP contribution in [0.15, 0.2) is 52.9 Å². The molecule has 3 rings (SSSR count). The highest BCUT2D eigenvalue weighted by Gasteiger charge is 2.21. The first-order valence-electron chi connectivity index (χ1n) is 8.58. The summed E-state index contributed by atoms with van der Waals surface area (Å²) in [5.41, 5.74) is 2.69. The first-order valence-corrected chi connectivity index (χ1v) is 8.96. The molecule has 1 unspecified atom stereocenters. The maximum atomic E-state index is 12.3. The van der Waals surface area contributed by atoms with E-state index in [-0.39, 0.29) is 18.5 Å². The summed E-state index contributed by atoms with van der Waals surface area (Å²) in [7, 11) is 1.83. The monoisotopic (exact) mass is 384 g/mol. The molecule has 0 aliphatic carbocycles.